The molecule has 0 saturated carbocycles. The molecule has 0 radical (unpaired) electrons. The first-order valence-electron chi connectivity index (χ1n) is 5.95. The van der Waals surface area contributed by atoms with E-state index in [0.717, 1.165) is 12.3 Å². The topological polar surface area (TPSA) is 47.6 Å². The van der Waals surface area contributed by atoms with Gasteiger partial charge in [0.1, 0.15) is 13.2 Å². The van der Waals surface area contributed by atoms with Gasteiger partial charge < -0.3 is 14.8 Å². The molecule has 0 aliphatic carbocycles. The summed E-state index contributed by atoms with van der Waals surface area (Å²) >= 11 is 0. The van der Waals surface area contributed by atoms with E-state index in [1.165, 1.54) is 0 Å². The number of nitrogens with one attached hydrogen (secondary N) is 1. The van der Waals surface area contributed by atoms with Crippen LogP contribution in [0, 0.1) is 0 Å². The minimum atomic E-state index is 0.128. The van der Waals surface area contributed by atoms with E-state index in [-0.39, 0.29) is 5.78 Å². The molecule has 1 N–H and O–H groups in total. The molecule has 92 valence electrons. The minimum absolute atomic E-state index is 0.128. The molecule has 4 nitrogen and oxygen atoms in total. The summed E-state index contributed by atoms with van der Waals surface area (Å²) in [6.45, 7) is 4.73. The van der Waals surface area contributed by atoms with Gasteiger partial charge in [0, 0.05) is 18.5 Å². The Morgan fingerprint density at radius 2 is 2.06 bits per heavy atom. The molecule has 1 aliphatic heterocycles. The molecule has 0 bridgehead atoms. The third kappa shape index (κ3) is 2.97. The number of hydrogen-bond donors (Lipinski definition) is 1. The van der Waals surface area contributed by atoms with Crippen molar-refractivity contribution in [1.82, 2.24) is 5.32 Å². The molecule has 0 unspecified atom stereocenters. The van der Waals surface area contributed by atoms with E-state index >= 15 is 0 Å². The molecule has 0 spiro atoms. The maximum absolute atomic E-state index is 11.9. The van der Waals surface area contributed by atoms with Gasteiger partial charge in [-0.25, -0.2) is 0 Å². The monoisotopic (exact) mass is 235 g/mol. The van der Waals surface area contributed by atoms with Crippen molar-refractivity contribution in [3.8, 4) is 11.5 Å². The molecule has 4 heteroatoms. The standard InChI is InChI=1S/C13H17NO3/c1-2-14-6-5-11(15)10-3-4-12-13(9-10)17-8-7-16-12/h3-4,9,14H,2,5-8H2,1H3. The summed E-state index contributed by atoms with van der Waals surface area (Å²) in [4.78, 5) is 11.9. The van der Waals surface area contributed by atoms with Crippen molar-refractivity contribution in [2.24, 2.45) is 0 Å². The number of Topliss-reactive ketones (excluding diaryl/α,β-unsaturated/α-hetero) is 1. The Kier molecular flexibility index (Phi) is 3.98. The van der Waals surface area contributed by atoms with Crippen molar-refractivity contribution < 1.29 is 14.3 Å². The zero-order valence-corrected chi connectivity index (χ0v) is 9.99. The molecule has 2 rings (SSSR count). The summed E-state index contributed by atoms with van der Waals surface area (Å²) in [6.07, 6.45) is 0.507. The van der Waals surface area contributed by atoms with Gasteiger partial charge in [0.2, 0.25) is 0 Å². The second-order valence-electron chi connectivity index (χ2n) is 3.89. The van der Waals surface area contributed by atoms with Crippen LogP contribution in [0.2, 0.25) is 0 Å². The lowest BCUT2D eigenvalue weighted by Crippen LogP contribution is -2.18. The van der Waals surface area contributed by atoms with Gasteiger partial charge >= 0.3 is 0 Å². The molecule has 1 heterocycles. The molecule has 0 atom stereocenters. The highest BCUT2D eigenvalue weighted by molar-refractivity contribution is 5.96. The Morgan fingerprint density at radius 1 is 1.29 bits per heavy atom. The Hall–Kier alpha value is -1.55. The minimum Gasteiger partial charge on any atom is -0.486 e. The predicted octanol–water partition coefficient (Wildman–Crippen LogP) is 1.64. The van der Waals surface area contributed by atoms with Crippen LogP contribution >= 0.6 is 0 Å². The third-order valence-electron chi connectivity index (χ3n) is 2.64. The summed E-state index contributed by atoms with van der Waals surface area (Å²) < 4.78 is 10.9. The van der Waals surface area contributed by atoms with Crippen molar-refractivity contribution in [1.29, 1.82) is 0 Å². The van der Waals surface area contributed by atoms with Crippen LogP contribution in [0.4, 0.5) is 0 Å². The van der Waals surface area contributed by atoms with E-state index in [0.29, 0.717) is 37.5 Å². The second kappa shape index (κ2) is 5.68. The first-order chi connectivity index (χ1) is 8.31. The summed E-state index contributed by atoms with van der Waals surface area (Å²) in [6, 6.07) is 5.36. The number of ketones is 1. The summed E-state index contributed by atoms with van der Waals surface area (Å²) in [5, 5.41) is 3.13. The van der Waals surface area contributed by atoms with Gasteiger partial charge in [-0.1, -0.05) is 6.92 Å². The van der Waals surface area contributed by atoms with Gasteiger partial charge in [0.15, 0.2) is 17.3 Å². The average Bonchev–Trinajstić information content (AvgIpc) is 2.38. The summed E-state index contributed by atoms with van der Waals surface area (Å²) in [5.74, 6) is 1.52. The maximum Gasteiger partial charge on any atom is 0.164 e. The highest BCUT2D eigenvalue weighted by Gasteiger charge is 2.14. The zero-order valence-electron chi connectivity index (χ0n) is 9.99. The van der Waals surface area contributed by atoms with Crippen LogP contribution < -0.4 is 14.8 Å². The lowest BCUT2D eigenvalue weighted by Gasteiger charge is -2.18. The highest BCUT2D eigenvalue weighted by Crippen LogP contribution is 2.30. The van der Waals surface area contributed by atoms with Crippen LogP contribution in [-0.2, 0) is 0 Å². The highest BCUT2D eigenvalue weighted by atomic mass is 16.6. The van der Waals surface area contributed by atoms with Crippen LogP contribution in [-0.4, -0.2) is 32.1 Å². The fourth-order valence-electron chi connectivity index (χ4n) is 1.74. The lowest BCUT2D eigenvalue weighted by atomic mass is 10.1. The van der Waals surface area contributed by atoms with E-state index in [4.69, 9.17) is 9.47 Å². The molecule has 1 aliphatic rings. The average molecular weight is 235 g/mol. The van der Waals surface area contributed by atoms with Crippen LogP contribution in [0.3, 0.4) is 0 Å². The molecule has 1 aromatic carbocycles. The number of fused-ring (bicyclic) bond motifs is 1. The number of carbonyl (C=O) groups excluding carboxylic acids is 1. The number of ether oxygens (including phenoxy) is 2. The smallest absolute Gasteiger partial charge is 0.164 e. The zero-order chi connectivity index (χ0) is 12.1. The summed E-state index contributed by atoms with van der Waals surface area (Å²) in [7, 11) is 0. The SMILES string of the molecule is CCNCCC(=O)c1ccc2c(c1)OCCO2. The third-order valence-corrected chi connectivity index (χ3v) is 2.64. The van der Waals surface area contributed by atoms with Gasteiger partial charge in [-0.15, -0.1) is 0 Å². The van der Waals surface area contributed by atoms with Crippen molar-refractivity contribution in [2.75, 3.05) is 26.3 Å². The lowest BCUT2D eigenvalue weighted by molar-refractivity contribution is 0.0981. The fraction of sp³-hybridized carbons (Fsp3) is 0.462. The normalized spacial score (nSPS) is 13.5. The molecular weight excluding hydrogens is 218 g/mol. The Bertz CT molecular complexity index is 404. The largest absolute Gasteiger partial charge is 0.486 e. The van der Waals surface area contributed by atoms with Crippen molar-refractivity contribution >= 4 is 5.78 Å². The van der Waals surface area contributed by atoms with E-state index in [9.17, 15) is 4.79 Å². The molecule has 0 saturated heterocycles. The van der Waals surface area contributed by atoms with Crippen LogP contribution in [0.5, 0.6) is 11.5 Å². The Balaban J connectivity index is 2.03. The summed E-state index contributed by atoms with van der Waals surface area (Å²) in [5.41, 5.74) is 0.687. The number of rotatable bonds is 5. The predicted molar refractivity (Wildman–Crippen MR) is 64.9 cm³/mol. The van der Waals surface area contributed by atoms with Crippen LogP contribution in [0.25, 0.3) is 0 Å². The quantitative estimate of drug-likeness (QED) is 0.622. The molecule has 0 fully saturated rings. The molecule has 1 aromatic rings. The van der Waals surface area contributed by atoms with Crippen molar-refractivity contribution in [2.45, 2.75) is 13.3 Å². The first kappa shape index (κ1) is 11.9. The number of hydrogen-bond acceptors (Lipinski definition) is 4. The number of benzene rings is 1. The fourth-order valence-corrected chi connectivity index (χ4v) is 1.74. The van der Waals surface area contributed by atoms with E-state index in [2.05, 4.69) is 5.32 Å². The van der Waals surface area contributed by atoms with E-state index in [1.54, 1.807) is 18.2 Å². The van der Waals surface area contributed by atoms with E-state index in [1.807, 2.05) is 6.92 Å². The van der Waals surface area contributed by atoms with Gasteiger partial charge in [-0.05, 0) is 24.7 Å². The van der Waals surface area contributed by atoms with Gasteiger partial charge in [0.25, 0.3) is 0 Å². The first-order valence-corrected chi connectivity index (χ1v) is 5.95. The van der Waals surface area contributed by atoms with Crippen molar-refractivity contribution in [3.63, 3.8) is 0 Å². The Morgan fingerprint density at radius 3 is 2.82 bits per heavy atom. The van der Waals surface area contributed by atoms with E-state index < -0.39 is 0 Å². The molecule has 0 aromatic heterocycles. The molecule has 0 amide bonds. The van der Waals surface area contributed by atoms with Gasteiger partial charge in [0.05, 0.1) is 0 Å². The van der Waals surface area contributed by atoms with Crippen molar-refractivity contribution in [3.05, 3.63) is 23.8 Å². The molecule has 17 heavy (non-hydrogen) atoms. The Labute approximate surface area is 101 Å². The maximum atomic E-state index is 11.9. The van der Waals surface area contributed by atoms with Gasteiger partial charge in [-0.3, -0.25) is 4.79 Å². The van der Waals surface area contributed by atoms with Crippen LogP contribution in [0.15, 0.2) is 18.2 Å². The second-order valence-corrected chi connectivity index (χ2v) is 3.89. The molecular formula is C13H17NO3. The van der Waals surface area contributed by atoms with Gasteiger partial charge in [-0.2, -0.15) is 0 Å². The number of carbonyl (C=O) groups is 1. The van der Waals surface area contributed by atoms with Crippen LogP contribution in [0.1, 0.15) is 23.7 Å².